The average molecular weight is 249 g/mol. The first-order valence-corrected chi connectivity index (χ1v) is 6.69. The third-order valence-electron chi connectivity index (χ3n) is 3.37. The minimum atomic E-state index is 0.665. The molecule has 0 bridgehead atoms. The molecule has 0 unspecified atom stereocenters. The Morgan fingerprint density at radius 3 is 2.78 bits per heavy atom. The highest BCUT2D eigenvalue weighted by molar-refractivity contribution is 5.26. The van der Waals surface area contributed by atoms with Crippen LogP contribution >= 0.6 is 0 Å². The van der Waals surface area contributed by atoms with Crippen LogP contribution in [0.2, 0.25) is 0 Å². The predicted octanol–water partition coefficient (Wildman–Crippen LogP) is 1.58. The van der Waals surface area contributed by atoms with Crippen molar-refractivity contribution in [3.05, 3.63) is 23.5 Å². The van der Waals surface area contributed by atoms with Crippen molar-refractivity contribution in [2.24, 2.45) is 0 Å². The Kier molecular flexibility index (Phi) is 4.55. The number of hydrogen-bond acceptors (Lipinski definition) is 4. The number of nitrogens with zero attached hydrogens (tertiary/aromatic N) is 2. The zero-order valence-electron chi connectivity index (χ0n) is 11.6. The van der Waals surface area contributed by atoms with Crippen LogP contribution in [0.4, 0.5) is 0 Å². The van der Waals surface area contributed by atoms with Gasteiger partial charge in [0.15, 0.2) is 0 Å². The molecule has 4 heteroatoms. The van der Waals surface area contributed by atoms with Gasteiger partial charge in [0, 0.05) is 43.5 Å². The lowest BCUT2D eigenvalue weighted by Gasteiger charge is -2.38. The maximum absolute atomic E-state index is 5.31. The second-order valence-corrected chi connectivity index (χ2v) is 4.92. The van der Waals surface area contributed by atoms with Crippen molar-refractivity contribution < 1.29 is 4.74 Å². The number of aryl methyl sites for hydroxylation is 1. The van der Waals surface area contributed by atoms with Gasteiger partial charge in [0.2, 0.25) is 0 Å². The normalized spacial score (nSPS) is 15.8. The summed E-state index contributed by atoms with van der Waals surface area (Å²) in [7, 11) is 1.71. The molecule has 0 atom stereocenters. The van der Waals surface area contributed by atoms with Gasteiger partial charge in [-0.3, -0.25) is 9.88 Å². The zero-order chi connectivity index (χ0) is 13.0. The maximum Gasteiger partial charge on any atom is 0.122 e. The van der Waals surface area contributed by atoms with Gasteiger partial charge in [-0.25, -0.2) is 0 Å². The van der Waals surface area contributed by atoms with Crippen LogP contribution in [0.25, 0.3) is 0 Å². The van der Waals surface area contributed by atoms with Gasteiger partial charge in [-0.1, -0.05) is 6.92 Å². The highest BCUT2D eigenvalue weighted by atomic mass is 16.5. The van der Waals surface area contributed by atoms with Crippen molar-refractivity contribution in [3.63, 3.8) is 0 Å². The minimum absolute atomic E-state index is 0.665. The van der Waals surface area contributed by atoms with E-state index in [1.807, 2.05) is 19.1 Å². The van der Waals surface area contributed by atoms with Crippen LogP contribution in [0.1, 0.15) is 24.7 Å². The first kappa shape index (κ1) is 13.3. The fourth-order valence-corrected chi connectivity index (χ4v) is 2.32. The molecule has 0 radical (unpaired) electrons. The van der Waals surface area contributed by atoms with Crippen LogP contribution in [0.3, 0.4) is 0 Å². The molecule has 100 valence electrons. The molecule has 1 N–H and O–H groups in total. The molecule has 1 saturated heterocycles. The van der Waals surface area contributed by atoms with Crippen molar-refractivity contribution in [1.82, 2.24) is 15.2 Å². The van der Waals surface area contributed by atoms with E-state index in [1.54, 1.807) is 7.11 Å². The first-order chi connectivity index (χ1) is 8.72. The van der Waals surface area contributed by atoms with Crippen LogP contribution < -0.4 is 10.1 Å². The smallest absolute Gasteiger partial charge is 0.122 e. The first-order valence-electron chi connectivity index (χ1n) is 6.69. The molecule has 18 heavy (non-hydrogen) atoms. The number of ether oxygens (including phenoxy) is 1. The summed E-state index contributed by atoms with van der Waals surface area (Å²) in [6.45, 7) is 8.48. The van der Waals surface area contributed by atoms with Crippen LogP contribution in [0.5, 0.6) is 5.75 Å². The van der Waals surface area contributed by atoms with Crippen molar-refractivity contribution >= 4 is 0 Å². The van der Waals surface area contributed by atoms with Gasteiger partial charge in [-0.05, 0) is 19.9 Å². The van der Waals surface area contributed by atoms with Crippen molar-refractivity contribution in [2.45, 2.75) is 32.9 Å². The molecule has 4 nitrogen and oxygen atoms in total. The lowest BCUT2D eigenvalue weighted by molar-refractivity contribution is 0.136. The number of methoxy groups -OCH3 is 1. The van der Waals surface area contributed by atoms with Gasteiger partial charge in [0.1, 0.15) is 5.75 Å². The monoisotopic (exact) mass is 249 g/mol. The quantitative estimate of drug-likeness (QED) is 0.830. The van der Waals surface area contributed by atoms with E-state index in [0.717, 1.165) is 43.3 Å². The molecule has 0 amide bonds. The Labute approximate surface area is 109 Å². The summed E-state index contributed by atoms with van der Waals surface area (Å²) in [6.07, 6.45) is 1.18. The molecular weight excluding hydrogens is 226 g/mol. The van der Waals surface area contributed by atoms with Gasteiger partial charge >= 0.3 is 0 Å². The Morgan fingerprint density at radius 1 is 1.44 bits per heavy atom. The molecule has 0 saturated carbocycles. The van der Waals surface area contributed by atoms with Crippen molar-refractivity contribution in [3.8, 4) is 5.75 Å². The molecule has 2 heterocycles. The summed E-state index contributed by atoms with van der Waals surface area (Å²) in [5.74, 6) is 0.903. The summed E-state index contributed by atoms with van der Waals surface area (Å²) in [5.41, 5.74) is 2.12. The van der Waals surface area contributed by atoms with Crippen LogP contribution in [0, 0.1) is 6.92 Å². The molecule has 0 aromatic carbocycles. The predicted molar refractivity (Wildman–Crippen MR) is 72.9 cm³/mol. The Hall–Kier alpha value is -1.13. The lowest BCUT2D eigenvalue weighted by Crippen LogP contribution is -2.57. The van der Waals surface area contributed by atoms with Crippen molar-refractivity contribution in [2.75, 3.05) is 26.7 Å². The standard InChI is InChI=1S/C14H23N3O/c1-4-5-17(13-8-15-9-13)10-12-7-14(18-3)6-11(2)16-12/h6-7,13,15H,4-5,8-10H2,1-3H3. The highest BCUT2D eigenvalue weighted by Crippen LogP contribution is 2.17. The fourth-order valence-electron chi connectivity index (χ4n) is 2.32. The fraction of sp³-hybridized carbons (Fsp3) is 0.643. The molecule has 1 aliphatic rings. The third kappa shape index (κ3) is 3.21. The number of pyridine rings is 1. The van der Waals surface area contributed by atoms with Gasteiger partial charge in [0.05, 0.1) is 12.8 Å². The number of hydrogen-bond donors (Lipinski definition) is 1. The van der Waals surface area contributed by atoms with E-state index < -0.39 is 0 Å². The molecule has 2 rings (SSSR count). The topological polar surface area (TPSA) is 37.4 Å². The van der Waals surface area contributed by atoms with E-state index in [9.17, 15) is 0 Å². The van der Waals surface area contributed by atoms with E-state index in [2.05, 4.69) is 22.1 Å². The van der Waals surface area contributed by atoms with Gasteiger partial charge in [-0.15, -0.1) is 0 Å². The summed E-state index contributed by atoms with van der Waals surface area (Å²) in [6, 6.07) is 4.68. The van der Waals surface area contributed by atoms with Crippen LogP contribution in [0.15, 0.2) is 12.1 Å². The Balaban J connectivity index is 2.07. The molecule has 1 aromatic rings. The second-order valence-electron chi connectivity index (χ2n) is 4.92. The van der Waals surface area contributed by atoms with Gasteiger partial charge in [-0.2, -0.15) is 0 Å². The average Bonchev–Trinajstić information content (AvgIpc) is 2.26. The molecule has 0 spiro atoms. The minimum Gasteiger partial charge on any atom is -0.497 e. The largest absolute Gasteiger partial charge is 0.497 e. The molecular formula is C14H23N3O. The maximum atomic E-state index is 5.31. The Morgan fingerprint density at radius 2 is 2.22 bits per heavy atom. The Bertz CT molecular complexity index is 391. The number of rotatable bonds is 6. The van der Waals surface area contributed by atoms with Crippen molar-refractivity contribution in [1.29, 1.82) is 0 Å². The summed E-state index contributed by atoms with van der Waals surface area (Å²) in [5, 5.41) is 3.33. The molecule has 1 aliphatic heterocycles. The van der Waals surface area contributed by atoms with Gasteiger partial charge < -0.3 is 10.1 Å². The second kappa shape index (κ2) is 6.16. The van der Waals surface area contributed by atoms with Crippen LogP contribution in [-0.2, 0) is 6.54 Å². The summed E-state index contributed by atoms with van der Waals surface area (Å²) >= 11 is 0. The third-order valence-corrected chi connectivity index (χ3v) is 3.37. The number of aromatic nitrogens is 1. The molecule has 1 fully saturated rings. The van der Waals surface area contributed by atoms with E-state index in [1.165, 1.54) is 6.42 Å². The molecule has 0 aliphatic carbocycles. The molecule has 1 aromatic heterocycles. The summed E-state index contributed by atoms with van der Waals surface area (Å²) < 4.78 is 5.31. The number of nitrogens with one attached hydrogen (secondary N) is 1. The van der Waals surface area contributed by atoms with Gasteiger partial charge in [0.25, 0.3) is 0 Å². The van der Waals surface area contributed by atoms with E-state index in [4.69, 9.17) is 4.74 Å². The van der Waals surface area contributed by atoms with E-state index in [0.29, 0.717) is 6.04 Å². The zero-order valence-corrected chi connectivity index (χ0v) is 11.6. The lowest BCUT2D eigenvalue weighted by atomic mass is 10.1. The SMILES string of the molecule is CCCN(Cc1cc(OC)cc(C)n1)C1CNC1. The highest BCUT2D eigenvalue weighted by Gasteiger charge is 2.24. The van der Waals surface area contributed by atoms with E-state index in [-0.39, 0.29) is 0 Å². The van der Waals surface area contributed by atoms with E-state index >= 15 is 0 Å². The summed E-state index contributed by atoms with van der Waals surface area (Å²) in [4.78, 5) is 7.11. The van der Waals surface area contributed by atoms with Crippen LogP contribution in [-0.4, -0.2) is 42.7 Å².